The highest BCUT2D eigenvalue weighted by molar-refractivity contribution is 7.99. The van der Waals surface area contributed by atoms with Gasteiger partial charge in [-0.15, -0.1) is 10.2 Å². The van der Waals surface area contributed by atoms with Gasteiger partial charge >= 0.3 is 5.97 Å². The molecule has 0 spiro atoms. The number of thioether (sulfide) groups is 1. The van der Waals surface area contributed by atoms with Crippen LogP contribution >= 0.6 is 23.4 Å². The van der Waals surface area contributed by atoms with Crippen LogP contribution in [0.1, 0.15) is 11.1 Å². The number of furan rings is 1. The molecular weight excluding hydrogens is 422 g/mol. The van der Waals surface area contributed by atoms with E-state index in [0.717, 1.165) is 11.1 Å². The zero-order valence-electron chi connectivity index (χ0n) is 16.1. The number of hydrogen-bond donors (Lipinski definition) is 0. The first-order valence-corrected chi connectivity index (χ1v) is 10.6. The molecule has 152 valence electrons. The molecule has 0 bridgehead atoms. The van der Waals surface area contributed by atoms with Gasteiger partial charge in [0.05, 0.1) is 18.6 Å². The Bertz CT molecular complexity index is 1140. The van der Waals surface area contributed by atoms with Gasteiger partial charge in [-0.2, -0.15) is 0 Å². The SMILES string of the molecule is Cc1cc(Cl)ccc1OC(=O)CSc1nnc(-c2ccco2)n1Cc1ccccc1. The highest BCUT2D eigenvalue weighted by Crippen LogP contribution is 2.27. The summed E-state index contributed by atoms with van der Waals surface area (Å²) < 4.78 is 12.9. The fraction of sp³-hybridized carbons (Fsp3) is 0.136. The zero-order chi connectivity index (χ0) is 20.9. The molecule has 4 rings (SSSR count). The molecule has 6 nitrogen and oxygen atoms in total. The highest BCUT2D eigenvalue weighted by Gasteiger charge is 2.18. The van der Waals surface area contributed by atoms with Crippen LogP contribution < -0.4 is 4.74 Å². The first-order chi connectivity index (χ1) is 14.6. The smallest absolute Gasteiger partial charge is 0.321 e. The molecule has 0 aliphatic carbocycles. The molecule has 0 aliphatic rings. The normalized spacial score (nSPS) is 10.9. The van der Waals surface area contributed by atoms with Gasteiger partial charge in [0.25, 0.3) is 0 Å². The molecule has 0 amide bonds. The second kappa shape index (κ2) is 9.19. The fourth-order valence-corrected chi connectivity index (χ4v) is 3.83. The van der Waals surface area contributed by atoms with Gasteiger partial charge in [-0.05, 0) is 48.4 Å². The summed E-state index contributed by atoms with van der Waals surface area (Å²) >= 11 is 7.22. The number of aromatic nitrogens is 3. The van der Waals surface area contributed by atoms with E-state index in [1.54, 1.807) is 30.5 Å². The Morgan fingerprint density at radius 3 is 2.70 bits per heavy atom. The van der Waals surface area contributed by atoms with Crippen molar-refractivity contribution in [2.45, 2.75) is 18.6 Å². The van der Waals surface area contributed by atoms with Gasteiger partial charge in [-0.25, -0.2) is 0 Å². The van der Waals surface area contributed by atoms with Crippen molar-refractivity contribution in [2.75, 3.05) is 5.75 Å². The second-order valence-corrected chi connectivity index (χ2v) is 7.91. The third-order valence-electron chi connectivity index (χ3n) is 4.32. The first-order valence-electron chi connectivity index (χ1n) is 9.21. The molecule has 0 unspecified atom stereocenters. The monoisotopic (exact) mass is 439 g/mol. The number of aryl methyl sites for hydroxylation is 1. The number of esters is 1. The predicted molar refractivity (Wildman–Crippen MR) is 116 cm³/mol. The van der Waals surface area contributed by atoms with E-state index in [1.807, 2.05) is 47.9 Å². The Labute approximate surface area is 182 Å². The molecule has 30 heavy (non-hydrogen) atoms. The molecule has 0 aliphatic heterocycles. The lowest BCUT2D eigenvalue weighted by molar-refractivity contribution is -0.131. The van der Waals surface area contributed by atoms with Crippen LogP contribution in [-0.4, -0.2) is 26.5 Å². The largest absolute Gasteiger partial charge is 0.461 e. The van der Waals surface area contributed by atoms with Crippen molar-refractivity contribution in [1.29, 1.82) is 0 Å². The average Bonchev–Trinajstić information content (AvgIpc) is 3.39. The Kier molecular flexibility index (Phi) is 6.21. The van der Waals surface area contributed by atoms with E-state index in [4.69, 9.17) is 20.8 Å². The topological polar surface area (TPSA) is 70.2 Å². The van der Waals surface area contributed by atoms with Crippen LogP contribution in [-0.2, 0) is 11.3 Å². The van der Waals surface area contributed by atoms with Gasteiger partial charge < -0.3 is 9.15 Å². The van der Waals surface area contributed by atoms with Gasteiger partial charge in [0, 0.05) is 5.02 Å². The summed E-state index contributed by atoms with van der Waals surface area (Å²) in [4.78, 5) is 12.4. The minimum atomic E-state index is -0.376. The molecule has 0 saturated carbocycles. The number of halogens is 1. The van der Waals surface area contributed by atoms with Gasteiger partial charge in [0.15, 0.2) is 10.9 Å². The Morgan fingerprint density at radius 1 is 1.13 bits per heavy atom. The minimum absolute atomic E-state index is 0.0904. The molecular formula is C22H18ClN3O3S. The summed E-state index contributed by atoms with van der Waals surface area (Å²) in [6, 6.07) is 18.7. The lowest BCUT2D eigenvalue weighted by Crippen LogP contribution is -2.12. The number of hydrogen-bond acceptors (Lipinski definition) is 6. The molecule has 0 radical (unpaired) electrons. The van der Waals surface area contributed by atoms with Crippen LogP contribution in [0.25, 0.3) is 11.6 Å². The van der Waals surface area contributed by atoms with Gasteiger partial charge in [0.2, 0.25) is 5.82 Å². The van der Waals surface area contributed by atoms with Crippen molar-refractivity contribution < 1.29 is 13.9 Å². The van der Waals surface area contributed by atoms with Crippen LogP contribution in [0.4, 0.5) is 0 Å². The van der Waals surface area contributed by atoms with Crippen molar-refractivity contribution >= 4 is 29.3 Å². The van der Waals surface area contributed by atoms with E-state index >= 15 is 0 Å². The van der Waals surface area contributed by atoms with E-state index < -0.39 is 0 Å². The number of nitrogens with zero attached hydrogens (tertiary/aromatic N) is 3. The van der Waals surface area contributed by atoms with Crippen molar-refractivity contribution in [1.82, 2.24) is 14.8 Å². The summed E-state index contributed by atoms with van der Waals surface area (Å²) in [5.41, 5.74) is 1.89. The summed E-state index contributed by atoms with van der Waals surface area (Å²) in [6.07, 6.45) is 1.59. The van der Waals surface area contributed by atoms with Crippen LogP contribution in [0.15, 0.2) is 76.5 Å². The van der Waals surface area contributed by atoms with E-state index in [9.17, 15) is 4.79 Å². The molecule has 0 atom stereocenters. The van der Waals surface area contributed by atoms with Crippen molar-refractivity contribution in [3.63, 3.8) is 0 Å². The van der Waals surface area contributed by atoms with Gasteiger partial charge in [-0.3, -0.25) is 9.36 Å². The van der Waals surface area contributed by atoms with Crippen LogP contribution in [0.3, 0.4) is 0 Å². The van der Waals surface area contributed by atoms with Crippen molar-refractivity contribution in [3.05, 3.63) is 83.1 Å². The van der Waals surface area contributed by atoms with Gasteiger partial charge in [0.1, 0.15) is 5.75 Å². The predicted octanol–water partition coefficient (Wildman–Crippen LogP) is 5.25. The average molecular weight is 440 g/mol. The molecule has 4 aromatic rings. The fourth-order valence-electron chi connectivity index (χ4n) is 2.89. The highest BCUT2D eigenvalue weighted by atomic mass is 35.5. The van der Waals surface area contributed by atoms with Crippen LogP contribution in [0.5, 0.6) is 5.75 Å². The third-order valence-corrected chi connectivity index (χ3v) is 5.50. The quantitative estimate of drug-likeness (QED) is 0.222. The third kappa shape index (κ3) is 4.75. The summed E-state index contributed by atoms with van der Waals surface area (Å²) in [6.45, 7) is 2.39. The lowest BCUT2D eigenvalue weighted by Gasteiger charge is -2.10. The molecule has 0 N–H and O–H groups in total. The maximum atomic E-state index is 12.4. The van der Waals surface area contributed by atoms with E-state index in [-0.39, 0.29) is 11.7 Å². The summed E-state index contributed by atoms with van der Waals surface area (Å²) in [7, 11) is 0. The maximum absolute atomic E-state index is 12.4. The number of carbonyl (C=O) groups is 1. The van der Waals surface area contributed by atoms with Crippen molar-refractivity contribution in [3.8, 4) is 17.3 Å². The molecule has 2 aromatic carbocycles. The number of ether oxygens (including phenoxy) is 1. The summed E-state index contributed by atoms with van der Waals surface area (Å²) in [5, 5.41) is 9.74. The zero-order valence-corrected chi connectivity index (χ0v) is 17.7. The number of carbonyl (C=O) groups excluding carboxylic acids is 1. The Balaban J connectivity index is 1.51. The molecule has 8 heteroatoms. The lowest BCUT2D eigenvalue weighted by atomic mass is 10.2. The first kappa shape index (κ1) is 20.3. The molecule has 0 fully saturated rings. The standard InChI is InChI=1S/C22H18ClN3O3S/c1-15-12-17(23)9-10-18(15)29-20(27)14-30-22-25-24-21(19-8-5-11-28-19)26(22)13-16-6-3-2-4-7-16/h2-12H,13-14H2,1H3. The van der Waals surface area contributed by atoms with E-state index in [0.29, 0.717) is 34.1 Å². The van der Waals surface area contributed by atoms with E-state index in [1.165, 1.54) is 11.8 Å². The molecule has 2 heterocycles. The Morgan fingerprint density at radius 2 is 1.97 bits per heavy atom. The van der Waals surface area contributed by atoms with E-state index in [2.05, 4.69) is 10.2 Å². The minimum Gasteiger partial charge on any atom is -0.461 e. The molecule has 0 saturated heterocycles. The number of benzene rings is 2. The number of rotatable bonds is 7. The van der Waals surface area contributed by atoms with Gasteiger partial charge in [-0.1, -0.05) is 53.7 Å². The van der Waals surface area contributed by atoms with Crippen LogP contribution in [0, 0.1) is 6.92 Å². The maximum Gasteiger partial charge on any atom is 0.321 e. The van der Waals surface area contributed by atoms with Crippen molar-refractivity contribution in [2.24, 2.45) is 0 Å². The summed E-state index contributed by atoms with van der Waals surface area (Å²) in [5.74, 6) is 1.43. The Hall–Kier alpha value is -3.03. The second-order valence-electron chi connectivity index (χ2n) is 6.53. The molecule has 2 aromatic heterocycles. The van der Waals surface area contributed by atoms with Crippen LogP contribution in [0.2, 0.25) is 5.02 Å².